The van der Waals surface area contributed by atoms with Crippen LogP contribution in [0.25, 0.3) is 0 Å². The van der Waals surface area contributed by atoms with E-state index < -0.39 is 9.84 Å². The Labute approximate surface area is 156 Å². The van der Waals surface area contributed by atoms with Crippen LogP contribution in [0.1, 0.15) is 33.3 Å². The lowest BCUT2D eigenvalue weighted by Gasteiger charge is -2.34. The van der Waals surface area contributed by atoms with Crippen molar-refractivity contribution in [3.8, 4) is 0 Å². The van der Waals surface area contributed by atoms with Gasteiger partial charge < -0.3 is 10.2 Å². The Balaban J connectivity index is 1.74. The predicted molar refractivity (Wildman–Crippen MR) is 102 cm³/mol. The molecule has 1 aromatic heterocycles. The number of carbonyl (C=O) groups is 1. The largest absolute Gasteiger partial charge is 0.337 e. The second-order valence-electron chi connectivity index (χ2n) is 7.70. The van der Waals surface area contributed by atoms with Crippen LogP contribution in [0.4, 0.5) is 4.79 Å². The van der Waals surface area contributed by atoms with E-state index >= 15 is 0 Å². The number of urea groups is 1. The number of nitrogens with one attached hydrogen (secondary N) is 1. The maximum absolute atomic E-state index is 12.1. The molecule has 1 fully saturated rings. The van der Waals surface area contributed by atoms with Crippen molar-refractivity contribution < 1.29 is 13.2 Å². The van der Waals surface area contributed by atoms with Crippen LogP contribution in [0.15, 0.2) is 12.4 Å². The molecule has 0 unspecified atom stereocenters. The minimum Gasteiger partial charge on any atom is -0.337 e. The maximum Gasteiger partial charge on any atom is 0.317 e. The smallest absolute Gasteiger partial charge is 0.317 e. The zero-order chi connectivity index (χ0) is 19.4. The summed E-state index contributed by atoms with van der Waals surface area (Å²) >= 11 is 0. The molecule has 0 spiro atoms. The normalized spacial score (nSPS) is 16.7. The van der Waals surface area contributed by atoms with Crippen LogP contribution in [-0.4, -0.2) is 78.3 Å². The zero-order valence-electron chi connectivity index (χ0n) is 16.2. The summed E-state index contributed by atoms with van der Waals surface area (Å²) in [4.78, 5) is 16.2. The summed E-state index contributed by atoms with van der Waals surface area (Å²) in [7, 11) is -3.05. The van der Waals surface area contributed by atoms with Crippen LogP contribution in [0.3, 0.4) is 0 Å². The first kappa shape index (κ1) is 20.7. The quantitative estimate of drug-likeness (QED) is 0.786. The average Bonchev–Trinajstić information content (AvgIpc) is 3.04. The van der Waals surface area contributed by atoms with Gasteiger partial charge in [0.25, 0.3) is 0 Å². The third kappa shape index (κ3) is 5.98. The fourth-order valence-electron chi connectivity index (χ4n) is 2.75. The SMILES string of the molecule is CCS(=O)(=O)CCNC(=O)N1CCN(Cc2cnn(C(C)(C)C)c2)CC1. The van der Waals surface area contributed by atoms with Gasteiger partial charge in [-0.2, -0.15) is 5.10 Å². The molecule has 0 saturated carbocycles. The van der Waals surface area contributed by atoms with E-state index in [0.717, 1.165) is 19.6 Å². The Morgan fingerprint density at radius 3 is 2.42 bits per heavy atom. The first-order valence-corrected chi connectivity index (χ1v) is 10.9. The first-order valence-electron chi connectivity index (χ1n) is 9.10. The average molecular weight is 386 g/mol. The van der Waals surface area contributed by atoms with Crippen molar-refractivity contribution in [2.45, 2.75) is 39.8 Å². The molecule has 1 aromatic rings. The van der Waals surface area contributed by atoms with Crippen LogP contribution in [0.2, 0.25) is 0 Å². The van der Waals surface area contributed by atoms with E-state index in [2.05, 4.69) is 42.3 Å². The second-order valence-corrected chi connectivity index (χ2v) is 10.2. The molecule has 0 bridgehead atoms. The van der Waals surface area contributed by atoms with Crippen LogP contribution < -0.4 is 5.32 Å². The van der Waals surface area contributed by atoms with E-state index in [0.29, 0.717) is 13.1 Å². The number of sulfone groups is 1. The minimum absolute atomic E-state index is 0.00697. The first-order chi connectivity index (χ1) is 12.1. The van der Waals surface area contributed by atoms with Crippen LogP contribution in [0, 0.1) is 0 Å². The molecule has 1 aliphatic heterocycles. The highest BCUT2D eigenvalue weighted by Crippen LogP contribution is 2.15. The lowest BCUT2D eigenvalue weighted by Crippen LogP contribution is -2.51. The van der Waals surface area contributed by atoms with Gasteiger partial charge in [0.05, 0.1) is 17.5 Å². The number of rotatable bonds is 6. The predicted octanol–water partition coefficient (Wildman–Crippen LogP) is 0.900. The third-order valence-corrected chi connectivity index (χ3v) is 6.22. The molecule has 26 heavy (non-hydrogen) atoms. The highest BCUT2D eigenvalue weighted by atomic mass is 32.2. The molecule has 2 amide bonds. The Bertz CT molecular complexity index is 700. The maximum atomic E-state index is 12.1. The van der Waals surface area contributed by atoms with E-state index in [1.807, 2.05) is 10.9 Å². The Hall–Kier alpha value is -1.61. The van der Waals surface area contributed by atoms with Gasteiger partial charge in [0.15, 0.2) is 9.84 Å². The van der Waals surface area contributed by atoms with Crippen molar-refractivity contribution in [2.24, 2.45) is 0 Å². The van der Waals surface area contributed by atoms with Gasteiger partial charge in [-0.3, -0.25) is 9.58 Å². The van der Waals surface area contributed by atoms with Gasteiger partial charge in [-0.25, -0.2) is 13.2 Å². The second kappa shape index (κ2) is 8.39. The molecule has 8 nitrogen and oxygen atoms in total. The van der Waals surface area contributed by atoms with Gasteiger partial charge in [0.1, 0.15) is 0 Å². The summed E-state index contributed by atoms with van der Waals surface area (Å²) in [6.45, 7) is 11.8. The number of piperazine rings is 1. The molecule has 0 radical (unpaired) electrons. The standard InChI is InChI=1S/C17H31N5O3S/c1-5-26(24,25)11-6-18-16(23)21-9-7-20(8-10-21)13-15-12-19-22(14-15)17(2,3)4/h12,14H,5-11,13H2,1-4H3,(H,18,23). The fraction of sp³-hybridized carbons (Fsp3) is 0.765. The van der Waals surface area contributed by atoms with Gasteiger partial charge in [-0.15, -0.1) is 0 Å². The van der Waals surface area contributed by atoms with Gasteiger partial charge in [-0.05, 0) is 20.8 Å². The monoisotopic (exact) mass is 385 g/mol. The molecule has 2 rings (SSSR count). The third-order valence-electron chi connectivity index (χ3n) is 4.52. The summed E-state index contributed by atoms with van der Waals surface area (Å²) in [6.07, 6.45) is 3.98. The molecule has 1 saturated heterocycles. The van der Waals surface area contributed by atoms with Crippen molar-refractivity contribution >= 4 is 15.9 Å². The van der Waals surface area contributed by atoms with Crippen molar-refractivity contribution in [3.05, 3.63) is 18.0 Å². The van der Waals surface area contributed by atoms with Gasteiger partial charge in [-0.1, -0.05) is 6.92 Å². The van der Waals surface area contributed by atoms with Crippen LogP contribution in [-0.2, 0) is 21.9 Å². The molecular formula is C17H31N5O3S. The van der Waals surface area contributed by atoms with E-state index in [1.54, 1.807) is 11.8 Å². The van der Waals surface area contributed by atoms with Crippen LogP contribution in [0.5, 0.6) is 0 Å². The summed E-state index contributed by atoms with van der Waals surface area (Å²) < 4.78 is 24.9. The number of hydrogen-bond acceptors (Lipinski definition) is 5. The number of aromatic nitrogens is 2. The van der Waals surface area contributed by atoms with Crippen molar-refractivity contribution in [1.82, 2.24) is 24.9 Å². The molecule has 1 aliphatic rings. The van der Waals surface area contributed by atoms with Gasteiger partial charge in [0, 0.05) is 56.8 Å². The van der Waals surface area contributed by atoms with E-state index in [-0.39, 0.29) is 29.6 Å². The fourth-order valence-corrected chi connectivity index (χ4v) is 3.45. The van der Waals surface area contributed by atoms with Crippen molar-refractivity contribution in [1.29, 1.82) is 0 Å². The Kier molecular flexibility index (Phi) is 6.68. The highest BCUT2D eigenvalue weighted by molar-refractivity contribution is 7.91. The number of nitrogens with zero attached hydrogens (tertiary/aromatic N) is 4. The molecule has 0 aromatic carbocycles. The Morgan fingerprint density at radius 2 is 1.88 bits per heavy atom. The molecule has 9 heteroatoms. The van der Waals surface area contributed by atoms with Gasteiger partial charge in [0.2, 0.25) is 0 Å². The van der Waals surface area contributed by atoms with E-state index in [9.17, 15) is 13.2 Å². The number of amides is 2. The van der Waals surface area contributed by atoms with E-state index in [1.165, 1.54) is 5.56 Å². The van der Waals surface area contributed by atoms with Crippen LogP contribution >= 0.6 is 0 Å². The topological polar surface area (TPSA) is 87.5 Å². The lowest BCUT2D eigenvalue weighted by atomic mass is 10.1. The van der Waals surface area contributed by atoms with Crippen molar-refractivity contribution in [3.63, 3.8) is 0 Å². The molecular weight excluding hydrogens is 354 g/mol. The van der Waals surface area contributed by atoms with Gasteiger partial charge >= 0.3 is 6.03 Å². The zero-order valence-corrected chi connectivity index (χ0v) is 17.0. The molecule has 0 aliphatic carbocycles. The minimum atomic E-state index is -3.05. The molecule has 2 heterocycles. The molecule has 0 atom stereocenters. The number of hydrogen-bond donors (Lipinski definition) is 1. The number of carbonyl (C=O) groups excluding carboxylic acids is 1. The molecule has 148 valence electrons. The Morgan fingerprint density at radius 1 is 1.23 bits per heavy atom. The lowest BCUT2D eigenvalue weighted by molar-refractivity contribution is 0.135. The molecule has 1 N–H and O–H groups in total. The van der Waals surface area contributed by atoms with Crippen molar-refractivity contribution in [2.75, 3.05) is 44.2 Å². The summed E-state index contributed by atoms with van der Waals surface area (Å²) in [6, 6.07) is -0.184. The highest BCUT2D eigenvalue weighted by Gasteiger charge is 2.22. The summed E-state index contributed by atoms with van der Waals surface area (Å²) in [5.74, 6) is 0.0975. The van der Waals surface area contributed by atoms with E-state index in [4.69, 9.17) is 0 Å². The summed E-state index contributed by atoms with van der Waals surface area (Å²) in [5, 5.41) is 7.13. The summed E-state index contributed by atoms with van der Waals surface area (Å²) in [5.41, 5.74) is 1.14.